The summed E-state index contributed by atoms with van der Waals surface area (Å²) >= 11 is 24.0. The summed E-state index contributed by atoms with van der Waals surface area (Å²) in [6.45, 7) is 1.05. The van der Waals surface area contributed by atoms with Crippen molar-refractivity contribution in [1.29, 1.82) is 0 Å². The third-order valence-corrected chi connectivity index (χ3v) is 9.06. The number of aromatic carboxylic acids is 1. The number of benzene rings is 2. The standard InChI is InChI=1S/C19H13Cl2N3O2.C18H11Cl2N3O2/c1-26-19(25)15-10-24(17-8-23-18(21)6-14(15)17)9-11-2-3-16-12(4-11)5-13(20)7-22-16;19-12-4-11-3-10(1-2-15(11)21-6-12)8-23-9-14(18(24)25)13-5-17(20)22-7-16(13)23/h2-8,10H,9H2,1H3;1-7,9H,8H2,(H,24,25). The summed E-state index contributed by atoms with van der Waals surface area (Å²) in [7, 11) is 1.36. The Morgan fingerprint density at radius 3 is 1.59 bits per heavy atom. The molecular formula is C37H24Cl4N6O4. The van der Waals surface area contributed by atoms with Crippen LogP contribution in [0, 0.1) is 0 Å². The highest BCUT2D eigenvalue weighted by atomic mass is 35.5. The molecule has 0 aliphatic heterocycles. The lowest BCUT2D eigenvalue weighted by Crippen LogP contribution is -2.01. The maximum Gasteiger partial charge on any atom is 0.340 e. The van der Waals surface area contributed by atoms with Gasteiger partial charge in [-0.2, -0.15) is 0 Å². The molecule has 6 heterocycles. The van der Waals surface area contributed by atoms with Gasteiger partial charge in [0.25, 0.3) is 0 Å². The number of aromatic nitrogens is 6. The van der Waals surface area contributed by atoms with Crippen LogP contribution in [0.15, 0.2) is 97.8 Å². The molecule has 14 heteroatoms. The van der Waals surface area contributed by atoms with Crippen molar-refractivity contribution < 1.29 is 19.4 Å². The molecule has 0 fully saturated rings. The zero-order valence-corrected chi connectivity index (χ0v) is 29.5. The maximum absolute atomic E-state index is 12.1. The van der Waals surface area contributed by atoms with Crippen molar-refractivity contribution in [2.45, 2.75) is 13.1 Å². The summed E-state index contributed by atoms with van der Waals surface area (Å²) in [5.74, 6) is -1.41. The fourth-order valence-electron chi connectivity index (χ4n) is 5.93. The number of ether oxygens (including phenoxy) is 1. The zero-order valence-electron chi connectivity index (χ0n) is 26.5. The number of esters is 1. The van der Waals surface area contributed by atoms with Crippen molar-refractivity contribution in [3.05, 3.63) is 140 Å². The number of carboxylic acid groups (broad SMARTS) is 1. The molecule has 0 amide bonds. The fraction of sp³-hybridized carbons (Fsp3) is 0.0811. The molecule has 0 aliphatic rings. The van der Waals surface area contributed by atoms with Crippen LogP contribution in [-0.4, -0.2) is 53.2 Å². The third kappa shape index (κ3) is 7.17. The fourth-order valence-corrected chi connectivity index (χ4v) is 6.58. The number of carbonyl (C=O) groups is 2. The first-order chi connectivity index (χ1) is 24.6. The smallest absolute Gasteiger partial charge is 0.340 e. The van der Waals surface area contributed by atoms with Crippen molar-refractivity contribution in [3.8, 4) is 0 Å². The quantitative estimate of drug-likeness (QED) is 0.131. The molecule has 0 saturated carbocycles. The highest BCUT2D eigenvalue weighted by molar-refractivity contribution is 6.31. The number of nitrogens with zero attached hydrogens (tertiary/aromatic N) is 6. The first-order valence-electron chi connectivity index (χ1n) is 15.2. The van der Waals surface area contributed by atoms with Gasteiger partial charge in [-0.3, -0.25) is 9.97 Å². The minimum atomic E-state index is -1.000. The summed E-state index contributed by atoms with van der Waals surface area (Å²) < 4.78 is 8.68. The van der Waals surface area contributed by atoms with Gasteiger partial charge in [-0.15, -0.1) is 0 Å². The summed E-state index contributed by atoms with van der Waals surface area (Å²) in [5, 5.41) is 14.3. The molecule has 8 rings (SSSR count). The Bertz CT molecular complexity index is 2660. The van der Waals surface area contributed by atoms with Crippen LogP contribution in [0.1, 0.15) is 31.8 Å². The Kier molecular flexibility index (Phi) is 9.50. The number of fused-ring (bicyclic) bond motifs is 4. The molecular weight excluding hydrogens is 734 g/mol. The predicted molar refractivity (Wildman–Crippen MR) is 199 cm³/mol. The van der Waals surface area contributed by atoms with Crippen LogP contribution in [0.4, 0.5) is 0 Å². The number of pyridine rings is 4. The molecule has 0 saturated heterocycles. The van der Waals surface area contributed by atoms with Gasteiger partial charge in [-0.1, -0.05) is 58.5 Å². The topological polar surface area (TPSA) is 125 Å². The van der Waals surface area contributed by atoms with Gasteiger partial charge in [0.05, 0.1) is 62.7 Å². The number of halogens is 4. The minimum Gasteiger partial charge on any atom is -0.478 e. The average Bonchev–Trinajstić information content (AvgIpc) is 3.65. The Hall–Kier alpha value is -5.26. The van der Waals surface area contributed by atoms with E-state index in [1.807, 2.05) is 57.7 Å². The van der Waals surface area contributed by atoms with Gasteiger partial charge in [0, 0.05) is 59.4 Å². The van der Waals surface area contributed by atoms with E-state index in [2.05, 4.69) is 19.9 Å². The second-order valence-corrected chi connectivity index (χ2v) is 13.2. The Morgan fingerprint density at radius 2 is 1.12 bits per heavy atom. The largest absolute Gasteiger partial charge is 0.478 e. The van der Waals surface area contributed by atoms with Crippen LogP contribution in [0.25, 0.3) is 43.6 Å². The van der Waals surface area contributed by atoms with Crippen molar-refractivity contribution in [2.75, 3.05) is 7.11 Å². The second-order valence-electron chi connectivity index (χ2n) is 11.5. The summed E-state index contributed by atoms with van der Waals surface area (Å²) in [5.41, 5.74) is 5.95. The highest BCUT2D eigenvalue weighted by Crippen LogP contribution is 2.28. The van der Waals surface area contributed by atoms with E-state index in [1.165, 1.54) is 7.11 Å². The zero-order chi connectivity index (χ0) is 35.8. The Labute approximate surface area is 309 Å². The van der Waals surface area contributed by atoms with Gasteiger partial charge in [0.15, 0.2) is 0 Å². The van der Waals surface area contributed by atoms with Crippen LogP contribution in [0.5, 0.6) is 0 Å². The number of methoxy groups -OCH3 is 1. The van der Waals surface area contributed by atoms with Crippen LogP contribution in [-0.2, 0) is 17.8 Å². The molecule has 0 atom stereocenters. The number of hydrogen-bond acceptors (Lipinski definition) is 7. The molecule has 0 bridgehead atoms. The second kappa shape index (κ2) is 14.2. The van der Waals surface area contributed by atoms with Gasteiger partial charge in [0.1, 0.15) is 10.3 Å². The normalized spacial score (nSPS) is 11.2. The van der Waals surface area contributed by atoms with Gasteiger partial charge in [0.2, 0.25) is 0 Å². The number of carboxylic acids is 1. The Balaban J connectivity index is 0.000000159. The molecule has 8 aromatic rings. The molecule has 0 aliphatic carbocycles. The van der Waals surface area contributed by atoms with E-state index in [0.717, 1.165) is 38.4 Å². The van der Waals surface area contributed by atoms with Gasteiger partial charge >= 0.3 is 11.9 Å². The number of rotatable bonds is 6. The molecule has 51 heavy (non-hydrogen) atoms. The SMILES string of the molecule is COC(=O)c1cn(Cc2ccc3ncc(Cl)cc3c2)c2cnc(Cl)cc12.O=C(O)c1cn(Cc2ccc3ncc(Cl)cc3c2)c2cnc(Cl)cc12. The minimum absolute atomic E-state index is 0.199. The lowest BCUT2D eigenvalue weighted by atomic mass is 10.1. The monoisotopic (exact) mass is 756 g/mol. The van der Waals surface area contributed by atoms with Gasteiger partial charge < -0.3 is 19.0 Å². The van der Waals surface area contributed by atoms with Crippen molar-refractivity contribution >= 4 is 102 Å². The lowest BCUT2D eigenvalue weighted by Gasteiger charge is -2.07. The summed E-state index contributed by atoms with van der Waals surface area (Å²) in [6.07, 6.45) is 9.84. The van der Waals surface area contributed by atoms with E-state index in [1.54, 1.807) is 49.3 Å². The summed E-state index contributed by atoms with van der Waals surface area (Å²) in [6, 6.07) is 18.8. The molecule has 1 N–H and O–H groups in total. The predicted octanol–water partition coefficient (Wildman–Crippen LogP) is 9.36. The molecule has 6 aromatic heterocycles. The van der Waals surface area contributed by atoms with Crippen molar-refractivity contribution in [2.24, 2.45) is 0 Å². The lowest BCUT2D eigenvalue weighted by molar-refractivity contribution is 0.0601. The van der Waals surface area contributed by atoms with Crippen molar-refractivity contribution in [1.82, 2.24) is 29.1 Å². The van der Waals surface area contributed by atoms with E-state index in [4.69, 9.17) is 51.1 Å². The highest BCUT2D eigenvalue weighted by Gasteiger charge is 2.18. The van der Waals surface area contributed by atoms with E-state index >= 15 is 0 Å². The van der Waals surface area contributed by atoms with Crippen LogP contribution < -0.4 is 0 Å². The first kappa shape index (κ1) is 34.2. The molecule has 0 spiro atoms. The van der Waals surface area contributed by atoms with E-state index < -0.39 is 11.9 Å². The molecule has 10 nitrogen and oxygen atoms in total. The van der Waals surface area contributed by atoms with E-state index in [-0.39, 0.29) is 10.7 Å². The van der Waals surface area contributed by atoms with Crippen molar-refractivity contribution in [3.63, 3.8) is 0 Å². The van der Waals surface area contributed by atoms with E-state index in [0.29, 0.717) is 50.1 Å². The van der Waals surface area contributed by atoms with E-state index in [9.17, 15) is 14.7 Å². The third-order valence-electron chi connectivity index (χ3n) is 8.23. The van der Waals surface area contributed by atoms with Gasteiger partial charge in [-0.05, 0) is 59.7 Å². The van der Waals surface area contributed by atoms with Gasteiger partial charge in [-0.25, -0.2) is 19.6 Å². The average molecular weight is 758 g/mol. The number of hydrogen-bond donors (Lipinski definition) is 1. The molecule has 0 unspecified atom stereocenters. The van der Waals surface area contributed by atoms with Crippen LogP contribution in [0.2, 0.25) is 20.4 Å². The maximum atomic E-state index is 12.1. The first-order valence-corrected chi connectivity index (χ1v) is 16.8. The molecule has 2 aromatic carbocycles. The molecule has 0 radical (unpaired) electrons. The Morgan fingerprint density at radius 1 is 0.647 bits per heavy atom. The van der Waals surface area contributed by atoms with Crippen LogP contribution >= 0.6 is 46.4 Å². The summed E-state index contributed by atoms with van der Waals surface area (Å²) in [4.78, 5) is 40.4. The number of carbonyl (C=O) groups excluding carboxylic acids is 1. The van der Waals surface area contributed by atoms with Crippen LogP contribution in [0.3, 0.4) is 0 Å². The molecule has 254 valence electrons.